The second kappa shape index (κ2) is 7.94. The molecule has 0 aliphatic carbocycles. The van der Waals surface area contributed by atoms with Crippen LogP contribution in [0.3, 0.4) is 0 Å². The number of likely N-dealkylation sites (tertiary alicyclic amines) is 1. The molecular formula is C15H26BrN5. The minimum Gasteiger partial charge on any atom is -0.369 e. The van der Waals surface area contributed by atoms with E-state index in [2.05, 4.69) is 61.9 Å². The van der Waals surface area contributed by atoms with Crippen molar-refractivity contribution in [3.8, 4) is 0 Å². The van der Waals surface area contributed by atoms with Crippen molar-refractivity contribution < 1.29 is 0 Å². The molecule has 118 valence electrons. The summed E-state index contributed by atoms with van der Waals surface area (Å²) in [5.41, 5.74) is 0. The molecule has 1 atom stereocenters. The van der Waals surface area contributed by atoms with Crippen LogP contribution in [0.15, 0.2) is 10.8 Å². The van der Waals surface area contributed by atoms with Gasteiger partial charge in [-0.15, -0.1) is 0 Å². The first-order valence-corrected chi connectivity index (χ1v) is 8.66. The first-order chi connectivity index (χ1) is 10.2. The van der Waals surface area contributed by atoms with E-state index in [1.165, 1.54) is 19.4 Å². The molecule has 1 unspecified atom stereocenters. The Hall–Kier alpha value is -0.880. The predicted molar refractivity (Wildman–Crippen MR) is 92.1 cm³/mol. The summed E-state index contributed by atoms with van der Waals surface area (Å²) < 4.78 is 0.960. The van der Waals surface area contributed by atoms with Gasteiger partial charge in [-0.2, -0.15) is 0 Å². The lowest BCUT2D eigenvalue weighted by molar-refractivity contribution is 0.270. The summed E-state index contributed by atoms with van der Waals surface area (Å²) in [6.07, 6.45) is 5.30. The molecule has 6 heteroatoms. The molecule has 1 saturated heterocycles. The van der Waals surface area contributed by atoms with Crippen molar-refractivity contribution >= 4 is 27.6 Å². The summed E-state index contributed by atoms with van der Waals surface area (Å²) in [7, 11) is 2.11. The third-order valence-electron chi connectivity index (χ3n) is 4.06. The Morgan fingerprint density at radius 3 is 2.95 bits per heavy atom. The van der Waals surface area contributed by atoms with Gasteiger partial charge in [0, 0.05) is 26.2 Å². The van der Waals surface area contributed by atoms with Gasteiger partial charge in [-0.3, -0.25) is 4.90 Å². The first kappa shape index (κ1) is 16.5. The van der Waals surface area contributed by atoms with Crippen LogP contribution in [0.5, 0.6) is 0 Å². The summed E-state index contributed by atoms with van der Waals surface area (Å²) in [6.45, 7) is 8.68. The van der Waals surface area contributed by atoms with Gasteiger partial charge >= 0.3 is 0 Å². The Kier molecular flexibility index (Phi) is 6.23. The van der Waals surface area contributed by atoms with Crippen molar-refractivity contribution in [2.45, 2.75) is 39.2 Å². The fourth-order valence-corrected chi connectivity index (χ4v) is 3.56. The van der Waals surface area contributed by atoms with E-state index in [0.29, 0.717) is 6.04 Å². The maximum Gasteiger partial charge on any atom is 0.148 e. The van der Waals surface area contributed by atoms with Gasteiger partial charge in [0.15, 0.2) is 0 Å². The molecule has 1 fully saturated rings. The highest BCUT2D eigenvalue weighted by atomic mass is 79.9. The van der Waals surface area contributed by atoms with Crippen LogP contribution in [0.4, 0.5) is 11.6 Å². The van der Waals surface area contributed by atoms with E-state index in [1.54, 1.807) is 6.33 Å². The third-order valence-corrected chi connectivity index (χ3v) is 4.80. The summed E-state index contributed by atoms with van der Waals surface area (Å²) in [5, 5.41) is 3.34. The molecule has 0 spiro atoms. The number of likely N-dealkylation sites (N-methyl/N-ethyl adjacent to an activating group) is 2. The van der Waals surface area contributed by atoms with Gasteiger partial charge in [0.2, 0.25) is 0 Å². The van der Waals surface area contributed by atoms with E-state index in [0.717, 1.165) is 42.2 Å². The van der Waals surface area contributed by atoms with Crippen molar-refractivity contribution in [3.63, 3.8) is 0 Å². The molecule has 2 rings (SSSR count). The summed E-state index contributed by atoms with van der Waals surface area (Å²) in [6, 6.07) is 0.633. The monoisotopic (exact) mass is 355 g/mol. The topological polar surface area (TPSA) is 44.3 Å². The van der Waals surface area contributed by atoms with Crippen LogP contribution >= 0.6 is 15.9 Å². The average Bonchev–Trinajstić information content (AvgIpc) is 2.93. The Labute approximate surface area is 136 Å². The molecular weight excluding hydrogens is 330 g/mol. The number of aromatic nitrogens is 2. The van der Waals surface area contributed by atoms with Crippen LogP contribution in [-0.2, 0) is 0 Å². The highest BCUT2D eigenvalue weighted by Crippen LogP contribution is 2.29. The molecule has 0 amide bonds. The number of hydrogen-bond acceptors (Lipinski definition) is 5. The highest BCUT2D eigenvalue weighted by Gasteiger charge is 2.25. The molecule has 1 aromatic heterocycles. The largest absolute Gasteiger partial charge is 0.369 e. The van der Waals surface area contributed by atoms with Gasteiger partial charge in [0.1, 0.15) is 22.4 Å². The molecule has 1 aliphatic rings. The van der Waals surface area contributed by atoms with Gasteiger partial charge < -0.3 is 10.2 Å². The lowest BCUT2D eigenvalue weighted by Gasteiger charge is -2.29. The zero-order chi connectivity index (χ0) is 15.2. The quantitative estimate of drug-likeness (QED) is 0.814. The van der Waals surface area contributed by atoms with Crippen LogP contribution < -0.4 is 10.2 Å². The van der Waals surface area contributed by atoms with Crippen LogP contribution in [0.1, 0.15) is 33.1 Å². The second-order valence-corrected chi connectivity index (χ2v) is 6.38. The van der Waals surface area contributed by atoms with Crippen LogP contribution in [0.25, 0.3) is 0 Å². The van der Waals surface area contributed by atoms with Crippen LogP contribution in [0, 0.1) is 0 Å². The Bertz CT molecular complexity index is 454. The zero-order valence-electron chi connectivity index (χ0n) is 13.3. The van der Waals surface area contributed by atoms with Gasteiger partial charge in [0.25, 0.3) is 0 Å². The van der Waals surface area contributed by atoms with Crippen molar-refractivity contribution in [1.29, 1.82) is 0 Å². The van der Waals surface area contributed by atoms with Crippen molar-refractivity contribution in [2.24, 2.45) is 0 Å². The number of anilines is 2. The molecule has 1 aliphatic heterocycles. The summed E-state index contributed by atoms with van der Waals surface area (Å²) in [5.74, 6) is 1.85. The standard InChI is InChI=1S/C15H26BrN5/c1-4-8-17-14-13(16)15(19-11-18-14)20(3)10-12-7-6-9-21(12)5-2/h11-12H,4-10H2,1-3H3,(H,17,18,19). The fourth-order valence-electron chi connectivity index (χ4n) is 2.91. The molecule has 0 radical (unpaired) electrons. The SMILES string of the molecule is CCCNc1ncnc(N(C)CC2CCCN2CC)c1Br. The fraction of sp³-hybridized carbons (Fsp3) is 0.733. The molecule has 5 nitrogen and oxygen atoms in total. The van der Waals surface area contributed by atoms with Gasteiger partial charge in [-0.25, -0.2) is 9.97 Å². The smallest absolute Gasteiger partial charge is 0.148 e. The number of hydrogen-bond donors (Lipinski definition) is 1. The third kappa shape index (κ3) is 4.07. The molecule has 1 aromatic rings. The predicted octanol–water partition coefficient (Wildman–Crippen LogP) is 2.98. The molecule has 0 aromatic carbocycles. The van der Waals surface area contributed by atoms with E-state index in [4.69, 9.17) is 0 Å². The summed E-state index contributed by atoms with van der Waals surface area (Å²) in [4.78, 5) is 13.6. The van der Waals surface area contributed by atoms with Gasteiger partial charge in [0.05, 0.1) is 0 Å². The van der Waals surface area contributed by atoms with Gasteiger partial charge in [-0.05, 0) is 48.3 Å². The molecule has 2 heterocycles. The lowest BCUT2D eigenvalue weighted by atomic mass is 10.2. The van der Waals surface area contributed by atoms with Gasteiger partial charge in [-0.1, -0.05) is 13.8 Å². The Morgan fingerprint density at radius 1 is 1.43 bits per heavy atom. The normalized spacial score (nSPS) is 19.0. The molecule has 1 N–H and O–H groups in total. The van der Waals surface area contributed by atoms with Crippen LogP contribution in [0.2, 0.25) is 0 Å². The molecule has 0 bridgehead atoms. The van der Waals surface area contributed by atoms with E-state index in [1.807, 2.05) is 0 Å². The van der Waals surface area contributed by atoms with Crippen molar-refractivity contribution in [2.75, 3.05) is 43.4 Å². The van der Waals surface area contributed by atoms with Crippen molar-refractivity contribution in [1.82, 2.24) is 14.9 Å². The van der Waals surface area contributed by atoms with E-state index in [9.17, 15) is 0 Å². The minimum absolute atomic E-state index is 0.633. The minimum atomic E-state index is 0.633. The molecule has 0 saturated carbocycles. The Balaban J connectivity index is 2.06. The second-order valence-electron chi connectivity index (χ2n) is 5.59. The summed E-state index contributed by atoms with van der Waals surface area (Å²) >= 11 is 3.65. The Morgan fingerprint density at radius 2 is 2.24 bits per heavy atom. The van der Waals surface area contributed by atoms with Crippen LogP contribution in [-0.4, -0.2) is 54.1 Å². The lowest BCUT2D eigenvalue weighted by Crippen LogP contribution is -2.39. The van der Waals surface area contributed by atoms with E-state index in [-0.39, 0.29) is 0 Å². The number of halogens is 1. The zero-order valence-corrected chi connectivity index (χ0v) is 14.9. The number of rotatable bonds is 7. The van der Waals surface area contributed by atoms with E-state index >= 15 is 0 Å². The maximum absolute atomic E-state index is 4.45. The number of nitrogens with zero attached hydrogens (tertiary/aromatic N) is 4. The number of nitrogens with one attached hydrogen (secondary N) is 1. The van der Waals surface area contributed by atoms with E-state index < -0.39 is 0 Å². The molecule has 21 heavy (non-hydrogen) atoms. The highest BCUT2D eigenvalue weighted by molar-refractivity contribution is 9.10. The first-order valence-electron chi connectivity index (χ1n) is 7.86. The average molecular weight is 356 g/mol. The van der Waals surface area contributed by atoms with Crippen molar-refractivity contribution in [3.05, 3.63) is 10.8 Å². The maximum atomic E-state index is 4.45.